The van der Waals surface area contributed by atoms with Gasteiger partial charge in [-0.25, -0.2) is 9.97 Å². The third-order valence-electron chi connectivity index (χ3n) is 4.58. The van der Waals surface area contributed by atoms with Gasteiger partial charge in [-0.15, -0.1) is 22.7 Å². The summed E-state index contributed by atoms with van der Waals surface area (Å²) in [5.74, 6) is 0.453. The van der Waals surface area contributed by atoms with Gasteiger partial charge < -0.3 is 14.2 Å². The fourth-order valence-electron chi connectivity index (χ4n) is 3.19. The van der Waals surface area contributed by atoms with Gasteiger partial charge in [0, 0.05) is 18.1 Å². The van der Waals surface area contributed by atoms with E-state index < -0.39 is 6.61 Å². The lowest BCUT2D eigenvalue weighted by Crippen LogP contribution is -2.11. The van der Waals surface area contributed by atoms with Crippen LogP contribution in [0.5, 0.6) is 11.6 Å². The van der Waals surface area contributed by atoms with Gasteiger partial charge in [0.1, 0.15) is 17.2 Å². The van der Waals surface area contributed by atoms with Crippen LogP contribution in [0.2, 0.25) is 0 Å². The first-order valence-electron chi connectivity index (χ1n) is 9.55. The summed E-state index contributed by atoms with van der Waals surface area (Å²) < 4.78 is 40.5. The van der Waals surface area contributed by atoms with Crippen molar-refractivity contribution in [2.45, 2.75) is 20.1 Å². The van der Waals surface area contributed by atoms with E-state index in [0.29, 0.717) is 48.8 Å². The fraction of sp³-hybridized carbons (Fsp3) is 0.238. The topological polar surface area (TPSA) is 95.5 Å². The van der Waals surface area contributed by atoms with Gasteiger partial charge in [0.15, 0.2) is 11.0 Å². The number of rotatable bonds is 8. The maximum Gasteiger partial charge on any atom is 0.387 e. The van der Waals surface area contributed by atoms with Crippen molar-refractivity contribution >= 4 is 43.9 Å². The average Bonchev–Trinajstić information content (AvgIpc) is 3.38. The smallest absolute Gasteiger partial charge is 0.387 e. The zero-order valence-corrected chi connectivity index (χ0v) is 19.4. The molecule has 0 unspecified atom stereocenters. The van der Waals surface area contributed by atoms with Crippen molar-refractivity contribution in [3.05, 3.63) is 45.9 Å². The van der Waals surface area contributed by atoms with Crippen LogP contribution in [-0.4, -0.2) is 41.7 Å². The van der Waals surface area contributed by atoms with E-state index in [1.54, 1.807) is 37.6 Å². The number of thiophene rings is 1. The molecular formula is C21H18F2N4O4S2. The minimum atomic E-state index is -2.95. The number of ether oxygens (including phenoxy) is 3. The van der Waals surface area contributed by atoms with Gasteiger partial charge in [-0.05, 0) is 24.6 Å². The largest absolute Gasteiger partial charge is 0.480 e. The predicted molar refractivity (Wildman–Crippen MR) is 122 cm³/mol. The summed E-state index contributed by atoms with van der Waals surface area (Å²) in [6, 6.07) is 6.34. The Balaban J connectivity index is 1.61. The number of thiazole rings is 1. The van der Waals surface area contributed by atoms with Gasteiger partial charge >= 0.3 is 6.61 Å². The van der Waals surface area contributed by atoms with Crippen LogP contribution in [0.3, 0.4) is 0 Å². The number of alkyl halides is 2. The van der Waals surface area contributed by atoms with Gasteiger partial charge in [-0.1, -0.05) is 12.1 Å². The molecule has 1 aromatic carbocycles. The molecule has 0 bridgehead atoms. The number of nitrogens with zero attached hydrogens (tertiary/aromatic N) is 3. The molecule has 0 aliphatic rings. The molecule has 172 valence electrons. The molecule has 1 amide bonds. The van der Waals surface area contributed by atoms with E-state index in [4.69, 9.17) is 9.47 Å². The molecule has 4 aromatic rings. The number of amides is 1. The molecule has 0 aliphatic heterocycles. The molecule has 0 radical (unpaired) electrons. The van der Waals surface area contributed by atoms with E-state index in [0.717, 1.165) is 0 Å². The highest BCUT2D eigenvalue weighted by atomic mass is 32.1. The van der Waals surface area contributed by atoms with Gasteiger partial charge in [0.05, 0.1) is 23.1 Å². The summed E-state index contributed by atoms with van der Waals surface area (Å²) in [4.78, 5) is 27.2. The van der Waals surface area contributed by atoms with Crippen LogP contribution in [-0.2, 0) is 11.3 Å². The number of anilines is 1. The Bertz CT molecular complexity index is 1310. The molecule has 0 saturated heterocycles. The standard InChI is InChI=1S/C21H18F2N4O4S2/c1-10-15-18(30-3)25-14(8-29-2)26-19(15)33-16(10)17(28)27-21-24-12(9-32-21)11-6-4-5-7-13(11)31-20(22)23/h4-7,9,20H,8H2,1-3H3,(H,24,27,28). The second kappa shape index (κ2) is 9.73. The number of benzene rings is 1. The van der Waals surface area contributed by atoms with E-state index in [2.05, 4.69) is 25.0 Å². The van der Waals surface area contributed by atoms with Crippen LogP contribution in [0.15, 0.2) is 29.6 Å². The Hall–Kier alpha value is -3.22. The molecule has 0 fully saturated rings. The van der Waals surface area contributed by atoms with Crippen LogP contribution in [0.25, 0.3) is 21.5 Å². The summed E-state index contributed by atoms with van der Waals surface area (Å²) in [7, 11) is 3.04. The quantitative estimate of drug-likeness (QED) is 0.364. The summed E-state index contributed by atoms with van der Waals surface area (Å²) in [5, 5.41) is 5.40. The Kier molecular flexibility index (Phi) is 6.77. The van der Waals surface area contributed by atoms with Crippen molar-refractivity contribution < 1.29 is 27.8 Å². The molecule has 0 atom stereocenters. The SMILES string of the molecule is COCc1nc(OC)c2c(C)c(C(=O)Nc3nc(-c4ccccc4OC(F)F)cs3)sc2n1. The van der Waals surface area contributed by atoms with E-state index >= 15 is 0 Å². The Labute approximate surface area is 195 Å². The van der Waals surface area contributed by atoms with Crippen LogP contribution in [0.1, 0.15) is 21.1 Å². The second-order valence-corrected chi connectivity index (χ2v) is 8.54. The molecule has 8 nitrogen and oxygen atoms in total. The minimum Gasteiger partial charge on any atom is -0.480 e. The number of fused-ring (bicyclic) bond motifs is 1. The number of nitrogens with one attached hydrogen (secondary N) is 1. The van der Waals surface area contributed by atoms with Gasteiger partial charge in [0.2, 0.25) is 5.88 Å². The van der Waals surface area contributed by atoms with Crippen molar-refractivity contribution in [3.8, 4) is 22.9 Å². The first-order chi connectivity index (χ1) is 15.9. The van der Waals surface area contributed by atoms with Crippen molar-refractivity contribution in [1.82, 2.24) is 15.0 Å². The summed E-state index contributed by atoms with van der Waals surface area (Å²) in [6.45, 7) is -0.950. The van der Waals surface area contributed by atoms with Crippen LogP contribution < -0.4 is 14.8 Å². The van der Waals surface area contributed by atoms with Crippen molar-refractivity contribution in [2.24, 2.45) is 0 Å². The lowest BCUT2D eigenvalue weighted by molar-refractivity contribution is -0.0494. The number of halogens is 2. The maximum absolute atomic E-state index is 13.0. The number of methoxy groups -OCH3 is 2. The normalized spacial score (nSPS) is 11.2. The third kappa shape index (κ3) is 4.77. The van der Waals surface area contributed by atoms with E-state index in [1.807, 2.05) is 0 Å². The molecular weight excluding hydrogens is 474 g/mol. The lowest BCUT2D eigenvalue weighted by Gasteiger charge is -2.08. The van der Waals surface area contributed by atoms with E-state index in [1.165, 1.54) is 35.8 Å². The number of para-hydroxylation sites is 1. The zero-order chi connectivity index (χ0) is 23.5. The highest BCUT2D eigenvalue weighted by Gasteiger charge is 2.22. The van der Waals surface area contributed by atoms with Crippen LogP contribution in [0, 0.1) is 6.92 Å². The second-order valence-electron chi connectivity index (χ2n) is 6.69. The molecule has 3 aromatic heterocycles. The van der Waals surface area contributed by atoms with E-state index in [-0.39, 0.29) is 18.3 Å². The molecule has 4 rings (SSSR count). The fourth-order valence-corrected chi connectivity index (χ4v) is 4.98. The lowest BCUT2D eigenvalue weighted by atomic mass is 10.1. The predicted octanol–water partition coefficient (Wildman–Crippen LogP) is 5.13. The Morgan fingerprint density at radius 3 is 2.70 bits per heavy atom. The minimum absolute atomic E-state index is 0.00793. The number of hydrogen-bond acceptors (Lipinski definition) is 9. The van der Waals surface area contributed by atoms with Crippen LogP contribution >= 0.6 is 22.7 Å². The highest BCUT2D eigenvalue weighted by molar-refractivity contribution is 7.21. The van der Waals surface area contributed by atoms with Crippen molar-refractivity contribution in [1.29, 1.82) is 0 Å². The third-order valence-corrected chi connectivity index (χ3v) is 6.52. The molecule has 0 aliphatic carbocycles. The Morgan fingerprint density at radius 1 is 1.18 bits per heavy atom. The molecule has 12 heteroatoms. The number of carbonyl (C=O) groups is 1. The molecule has 1 N–H and O–H groups in total. The Morgan fingerprint density at radius 2 is 1.97 bits per heavy atom. The number of hydrogen-bond donors (Lipinski definition) is 1. The monoisotopic (exact) mass is 492 g/mol. The molecule has 0 saturated carbocycles. The maximum atomic E-state index is 13.0. The van der Waals surface area contributed by atoms with Gasteiger partial charge in [-0.2, -0.15) is 13.8 Å². The van der Waals surface area contributed by atoms with E-state index in [9.17, 15) is 13.6 Å². The molecule has 33 heavy (non-hydrogen) atoms. The summed E-state index contributed by atoms with van der Waals surface area (Å²) in [5.41, 5.74) is 1.50. The van der Waals surface area contributed by atoms with Gasteiger partial charge in [-0.3, -0.25) is 10.1 Å². The molecule has 0 spiro atoms. The van der Waals surface area contributed by atoms with Crippen molar-refractivity contribution in [2.75, 3.05) is 19.5 Å². The zero-order valence-electron chi connectivity index (χ0n) is 17.7. The first-order valence-corrected chi connectivity index (χ1v) is 11.2. The van der Waals surface area contributed by atoms with Crippen molar-refractivity contribution in [3.63, 3.8) is 0 Å². The highest BCUT2D eigenvalue weighted by Crippen LogP contribution is 2.36. The number of carbonyl (C=O) groups excluding carboxylic acids is 1. The number of aryl methyl sites for hydroxylation is 1. The molecule has 3 heterocycles. The summed E-state index contributed by atoms with van der Waals surface area (Å²) >= 11 is 2.38. The summed E-state index contributed by atoms with van der Waals surface area (Å²) in [6.07, 6.45) is 0. The van der Waals surface area contributed by atoms with Crippen LogP contribution in [0.4, 0.5) is 13.9 Å². The van der Waals surface area contributed by atoms with Gasteiger partial charge in [0.25, 0.3) is 5.91 Å². The first kappa shape index (κ1) is 23.0. The number of aromatic nitrogens is 3. The average molecular weight is 493 g/mol.